The molecule has 1 heterocycles. The molecule has 8 heteroatoms. The van der Waals surface area contributed by atoms with E-state index in [9.17, 15) is 10.1 Å². The minimum absolute atomic E-state index is 0.164. The van der Waals surface area contributed by atoms with Gasteiger partial charge in [0, 0.05) is 36.9 Å². The summed E-state index contributed by atoms with van der Waals surface area (Å²) in [5.41, 5.74) is 0.715. The largest absolute Gasteiger partial charge is 0.410 e. The summed E-state index contributed by atoms with van der Waals surface area (Å²) in [5, 5.41) is 23.2. The molecule has 1 unspecified atom stereocenters. The van der Waals surface area contributed by atoms with Crippen LogP contribution in [0.2, 0.25) is 0 Å². The maximum absolute atomic E-state index is 10.8. The van der Waals surface area contributed by atoms with Crippen LogP contribution in [0.4, 0.5) is 0 Å². The first kappa shape index (κ1) is 15.8. The Bertz CT molecular complexity index is 521. The third kappa shape index (κ3) is 3.64. The van der Waals surface area contributed by atoms with Crippen molar-refractivity contribution in [1.82, 2.24) is 9.55 Å². The number of oxime groups is 1. The van der Waals surface area contributed by atoms with Gasteiger partial charge in [0.05, 0.1) is 0 Å². The lowest BCUT2D eigenvalue weighted by molar-refractivity contribution is -0.507. The van der Waals surface area contributed by atoms with Crippen LogP contribution in [-0.4, -0.2) is 38.5 Å². The number of imidazole rings is 1. The van der Waals surface area contributed by atoms with Crippen LogP contribution in [0.25, 0.3) is 0 Å². The van der Waals surface area contributed by atoms with Gasteiger partial charge in [0.1, 0.15) is 12.4 Å². The highest BCUT2D eigenvalue weighted by molar-refractivity contribution is 6.06. The van der Waals surface area contributed by atoms with Gasteiger partial charge in [0.2, 0.25) is 6.04 Å². The summed E-state index contributed by atoms with van der Waals surface area (Å²) in [6.45, 7) is 3.54. The summed E-state index contributed by atoms with van der Waals surface area (Å²) in [4.78, 5) is 14.5. The molecule has 20 heavy (non-hydrogen) atoms. The van der Waals surface area contributed by atoms with Gasteiger partial charge in [0.25, 0.3) is 0 Å². The first-order valence-corrected chi connectivity index (χ1v) is 6.11. The van der Waals surface area contributed by atoms with Gasteiger partial charge in [-0.1, -0.05) is 12.1 Å². The van der Waals surface area contributed by atoms with Crippen molar-refractivity contribution in [2.45, 2.75) is 33.0 Å². The highest BCUT2D eigenvalue weighted by atomic mass is 16.6. The van der Waals surface area contributed by atoms with E-state index in [1.54, 1.807) is 10.8 Å². The molecule has 0 amide bonds. The van der Waals surface area contributed by atoms with E-state index in [-0.39, 0.29) is 17.4 Å². The average molecular weight is 282 g/mol. The van der Waals surface area contributed by atoms with Gasteiger partial charge in [0.15, 0.2) is 5.82 Å². The molecule has 1 aromatic heterocycles. The van der Waals surface area contributed by atoms with Crippen molar-refractivity contribution >= 4 is 5.71 Å². The first-order valence-electron chi connectivity index (χ1n) is 6.11. The van der Waals surface area contributed by atoms with E-state index in [0.717, 1.165) is 0 Å². The maximum Gasteiger partial charge on any atom is 0.231 e. The molecule has 0 aliphatic rings. The molecular formula is C12H18N4O4. The van der Waals surface area contributed by atoms with Crippen LogP contribution in [0.15, 0.2) is 29.2 Å². The molecule has 0 aliphatic heterocycles. The zero-order valence-electron chi connectivity index (χ0n) is 11.7. The minimum Gasteiger partial charge on any atom is -0.410 e. The fraction of sp³-hybridized carbons (Fsp3) is 0.500. The molecule has 0 saturated carbocycles. The number of allylic oxidation sites excluding steroid dienone is 1. The van der Waals surface area contributed by atoms with E-state index in [0.29, 0.717) is 17.8 Å². The SMILES string of the molecule is CC/C(=C\C(=N/O)c1nccn1COC)C(C)[N+](=O)[O-]. The number of ether oxygens (including phenoxy) is 1. The molecule has 0 aliphatic carbocycles. The number of hydrogen-bond acceptors (Lipinski definition) is 6. The molecule has 0 aromatic carbocycles. The summed E-state index contributed by atoms with van der Waals surface area (Å²) in [5.74, 6) is 0.385. The molecule has 0 bridgehead atoms. The van der Waals surface area contributed by atoms with E-state index in [2.05, 4.69) is 10.1 Å². The fourth-order valence-electron chi connectivity index (χ4n) is 1.75. The molecule has 1 rings (SSSR count). The summed E-state index contributed by atoms with van der Waals surface area (Å²) < 4.78 is 6.63. The smallest absolute Gasteiger partial charge is 0.231 e. The van der Waals surface area contributed by atoms with Gasteiger partial charge in [-0.2, -0.15) is 0 Å². The fourth-order valence-corrected chi connectivity index (χ4v) is 1.75. The zero-order valence-corrected chi connectivity index (χ0v) is 11.7. The number of hydrogen-bond donors (Lipinski definition) is 1. The number of methoxy groups -OCH3 is 1. The molecule has 1 N–H and O–H groups in total. The van der Waals surface area contributed by atoms with Crippen LogP contribution in [0.3, 0.4) is 0 Å². The Kier molecular flexibility index (Phi) is 5.85. The Morgan fingerprint density at radius 2 is 2.45 bits per heavy atom. The average Bonchev–Trinajstić information content (AvgIpc) is 2.88. The van der Waals surface area contributed by atoms with Crippen molar-refractivity contribution in [3.8, 4) is 0 Å². The van der Waals surface area contributed by atoms with Crippen molar-refractivity contribution in [2.75, 3.05) is 7.11 Å². The molecule has 1 aromatic rings. The molecule has 0 saturated heterocycles. The van der Waals surface area contributed by atoms with Gasteiger partial charge in [-0.15, -0.1) is 0 Å². The first-order chi connectivity index (χ1) is 9.54. The van der Waals surface area contributed by atoms with E-state index < -0.39 is 6.04 Å². The predicted molar refractivity (Wildman–Crippen MR) is 72.4 cm³/mol. The van der Waals surface area contributed by atoms with Crippen LogP contribution in [0.1, 0.15) is 26.1 Å². The Morgan fingerprint density at radius 3 is 2.95 bits per heavy atom. The van der Waals surface area contributed by atoms with Crippen LogP contribution in [0.5, 0.6) is 0 Å². The van der Waals surface area contributed by atoms with E-state index >= 15 is 0 Å². The van der Waals surface area contributed by atoms with E-state index in [1.807, 2.05) is 6.92 Å². The van der Waals surface area contributed by atoms with E-state index in [1.165, 1.54) is 26.3 Å². The molecular weight excluding hydrogens is 264 g/mol. The van der Waals surface area contributed by atoms with Crippen molar-refractivity contribution < 1.29 is 14.9 Å². The zero-order chi connectivity index (χ0) is 15.1. The Labute approximate surface area is 116 Å². The second kappa shape index (κ2) is 7.39. The summed E-state index contributed by atoms with van der Waals surface area (Å²) in [7, 11) is 1.53. The molecule has 0 fully saturated rings. The minimum atomic E-state index is -0.845. The third-order valence-electron chi connectivity index (χ3n) is 2.90. The Balaban J connectivity index is 3.13. The molecule has 8 nitrogen and oxygen atoms in total. The van der Waals surface area contributed by atoms with Crippen LogP contribution >= 0.6 is 0 Å². The second-order valence-corrected chi connectivity index (χ2v) is 4.16. The standard InChI is InChI=1S/C12H18N4O4/c1-4-10(9(2)16(18)19)7-11(14-17)12-13-5-6-15(12)8-20-3/h5-7,9,17H,4,8H2,1-3H3/b10-7+,14-11+. The van der Waals surface area contributed by atoms with Gasteiger partial charge >= 0.3 is 0 Å². The maximum atomic E-state index is 10.8. The summed E-state index contributed by atoms with van der Waals surface area (Å²) in [6.07, 6.45) is 5.17. The lowest BCUT2D eigenvalue weighted by atomic mass is 10.0. The van der Waals surface area contributed by atoms with E-state index in [4.69, 9.17) is 9.94 Å². The van der Waals surface area contributed by atoms with Gasteiger partial charge in [-0.3, -0.25) is 10.1 Å². The molecule has 1 atom stereocenters. The molecule has 110 valence electrons. The highest BCUT2D eigenvalue weighted by Gasteiger charge is 2.20. The highest BCUT2D eigenvalue weighted by Crippen LogP contribution is 2.12. The van der Waals surface area contributed by atoms with Crippen LogP contribution < -0.4 is 0 Å². The van der Waals surface area contributed by atoms with Gasteiger partial charge < -0.3 is 14.5 Å². The number of rotatable bonds is 7. The topological polar surface area (TPSA) is 103 Å². The summed E-state index contributed by atoms with van der Waals surface area (Å²) >= 11 is 0. The van der Waals surface area contributed by atoms with Crippen molar-refractivity contribution in [3.05, 3.63) is 40.0 Å². The Morgan fingerprint density at radius 1 is 1.75 bits per heavy atom. The monoisotopic (exact) mass is 282 g/mol. The normalized spacial score (nSPS) is 14.3. The third-order valence-corrected chi connectivity index (χ3v) is 2.90. The Hall–Kier alpha value is -2.22. The second-order valence-electron chi connectivity index (χ2n) is 4.16. The van der Waals surface area contributed by atoms with Crippen molar-refractivity contribution in [2.24, 2.45) is 5.16 Å². The van der Waals surface area contributed by atoms with Gasteiger partial charge in [-0.05, 0) is 12.5 Å². The number of nitrogens with zero attached hydrogens (tertiary/aromatic N) is 4. The summed E-state index contributed by atoms with van der Waals surface area (Å²) in [6, 6.07) is -0.845. The van der Waals surface area contributed by atoms with Crippen LogP contribution in [0, 0.1) is 10.1 Å². The van der Waals surface area contributed by atoms with Crippen molar-refractivity contribution in [3.63, 3.8) is 0 Å². The lowest BCUT2D eigenvalue weighted by Gasteiger charge is -2.09. The number of aromatic nitrogens is 2. The number of nitro groups is 1. The van der Waals surface area contributed by atoms with Gasteiger partial charge in [-0.25, -0.2) is 4.98 Å². The molecule has 0 spiro atoms. The van der Waals surface area contributed by atoms with Crippen molar-refractivity contribution in [1.29, 1.82) is 0 Å². The van der Waals surface area contributed by atoms with Crippen LogP contribution in [-0.2, 0) is 11.5 Å². The quantitative estimate of drug-likeness (QED) is 0.354. The predicted octanol–water partition coefficient (Wildman–Crippen LogP) is 1.67. The lowest BCUT2D eigenvalue weighted by Crippen LogP contribution is -2.19. The molecule has 0 radical (unpaired) electrons.